The number of hydrogen-bond donors (Lipinski definition) is 2. The number of benzene rings is 1. The molecule has 5 heteroatoms. The van der Waals surface area contributed by atoms with Gasteiger partial charge < -0.3 is 10.0 Å². The molecule has 1 aromatic carbocycles. The molecule has 2 amide bonds. The highest BCUT2D eigenvalue weighted by Gasteiger charge is 2.11. The van der Waals surface area contributed by atoms with E-state index in [1.54, 1.807) is 29.2 Å². The number of carboxylic acid groups (broad SMARTS) is 1. The lowest BCUT2D eigenvalue weighted by Crippen LogP contribution is -2.29. The van der Waals surface area contributed by atoms with Crippen LogP contribution < -0.4 is 10.2 Å². The zero-order chi connectivity index (χ0) is 12.8. The van der Waals surface area contributed by atoms with Crippen molar-refractivity contribution < 1.29 is 14.7 Å². The van der Waals surface area contributed by atoms with Crippen LogP contribution in [0.4, 0.5) is 16.2 Å². The van der Waals surface area contributed by atoms with E-state index in [4.69, 9.17) is 5.11 Å². The Balaban J connectivity index is 2.85. The van der Waals surface area contributed by atoms with Gasteiger partial charge in [-0.2, -0.15) is 0 Å². The molecule has 17 heavy (non-hydrogen) atoms. The van der Waals surface area contributed by atoms with E-state index in [1.165, 1.54) is 0 Å². The molecule has 5 nitrogen and oxygen atoms in total. The highest BCUT2D eigenvalue weighted by molar-refractivity contribution is 5.93. The van der Waals surface area contributed by atoms with Gasteiger partial charge in [-0.05, 0) is 31.2 Å². The third-order valence-electron chi connectivity index (χ3n) is 2.35. The molecule has 0 saturated carbocycles. The maximum absolute atomic E-state index is 11.6. The normalized spacial score (nSPS) is 9.76. The molecular weight excluding hydrogens is 220 g/mol. The van der Waals surface area contributed by atoms with Crippen molar-refractivity contribution in [3.63, 3.8) is 0 Å². The maximum Gasteiger partial charge on any atom is 0.409 e. The Hall–Kier alpha value is -2.04. The number of anilines is 2. The van der Waals surface area contributed by atoms with Gasteiger partial charge in [-0.15, -0.1) is 0 Å². The van der Waals surface area contributed by atoms with Gasteiger partial charge in [0.15, 0.2) is 0 Å². The van der Waals surface area contributed by atoms with Gasteiger partial charge in [0.25, 0.3) is 0 Å². The third kappa shape index (κ3) is 3.48. The summed E-state index contributed by atoms with van der Waals surface area (Å²) in [5.74, 6) is 0.0476. The number of amides is 2. The molecule has 0 spiro atoms. The van der Waals surface area contributed by atoms with Crippen molar-refractivity contribution in [1.29, 1.82) is 0 Å². The number of rotatable bonds is 4. The van der Waals surface area contributed by atoms with Gasteiger partial charge in [0.2, 0.25) is 5.91 Å². The van der Waals surface area contributed by atoms with Crippen LogP contribution in [0.2, 0.25) is 0 Å². The second-order valence-electron chi connectivity index (χ2n) is 3.47. The molecule has 1 aromatic rings. The van der Waals surface area contributed by atoms with Gasteiger partial charge in [-0.3, -0.25) is 10.1 Å². The van der Waals surface area contributed by atoms with Crippen molar-refractivity contribution in [2.75, 3.05) is 16.8 Å². The Morgan fingerprint density at radius 3 is 2.24 bits per heavy atom. The van der Waals surface area contributed by atoms with E-state index in [1.807, 2.05) is 13.8 Å². The van der Waals surface area contributed by atoms with Crippen molar-refractivity contribution in [3.05, 3.63) is 24.3 Å². The minimum atomic E-state index is -1.10. The van der Waals surface area contributed by atoms with Crippen LogP contribution in [0, 0.1) is 0 Å². The van der Waals surface area contributed by atoms with Crippen molar-refractivity contribution in [1.82, 2.24) is 0 Å². The van der Waals surface area contributed by atoms with E-state index >= 15 is 0 Å². The minimum absolute atomic E-state index is 0.0476. The average molecular weight is 236 g/mol. The number of carbonyl (C=O) groups excluding carboxylic acids is 1. The van der Waals surface area contributed by atoms with E-state index in [-0.39, 0.29) is 5.91 Å². The topological polar surface area (TPSA) is 69.6 Å². The molecule has 2 N–H and O–H groups in total. The number of carbonyl (C=O) groups is 2. The molecule has 0 bridgehead atoms. The molecule has 0 aliphatic heterocycles. The summed E-state index contributed by atoms with van der Waals surface area (Å²) in [6, 6.07) is 6.72. The Morgan fingerprint density at radius 1 is 1.24 bits per heavy atom. The van der Waals surface area contributed by atoms with E-state index in [0.717, 1.165) is 5.69 Å². The maximum atomic E-state index is 11.6. The summed E-state index contributed by atoms with van der Waals surface area (Å²) in [5, 5.41) is 10.8. The fourth-order valence-electron chi connectivity index (χ4n) is 1.54. The van der Waals surface area contributed by atoms with Crippen LogP contribution in [-0.4, -0.2) is 23.7 Å². The average Bonchev–Trinajstić information content (AvgIpc) is 2.31. The Morgan fingerprint density at radius 2 is 1.82 bits per heavy atom. The van der Waals surface area contributed by atoms with Crippen LogP contribution in [0.5, 0.6) is 0 Å². The lowest BCUT2D eigenvalue weighted by atomic mass is 10.2. The van der Waals surface area contributed by atoms with Crippen molar-refractivity contribution >= 4 is 23.4 Å². The Kier molecular flexibility index (Phi) is 4.51. The van der Waals surface area contributed by atoms with Crippen molar-refractivity contribution in [3.8, 4) is 0 Å². The molecule has 0 aliphatic carbocycles. The number of hydrogen-bond acceptors (Lipinski definition) is 2. The highest BCUT2D eigenvalue weighted by Crippen LogP contribution is 2.18. The van der Waals surface area contributed by atoms with Gasteiger partial charge in [-0.1, -0.05) is 6.92 Å². The molecule has 0 fully saturated rings. The first kappa shape index (κ1) is 13.0. The summed E-state index contributed by atoms with van der Waals surface area (Å²) in [5.41, 5.74) is 1.26. The van der Waals surface area contributed by atoms with Gasteiger partial charge in [0.05, 0.1) is 0 Å². The summed E-state index contributed by atoms with van der Waals surface area (Å²) in [6.07, 6.45) is -0.655. The van der Waals surface area contributed by atoms with E-state index < -0.39 is 6.09 Å². The highest BCUT2D eigenvalue weighted by atomic mass is 16.4. The summed E-state index contributed by atoms with van der Waals surface area (Å²) >= 11 is 0. The van der Waals surface area contributed by atoms with Crippen LogP contribution in [0.1, 0.15) is 20.3 Å². The van der Waals surface area contributed by atoms with Crippen LogP contribution >= 0.6 is 0 Å². The first-order valence-electron chi connectivity index (χ1n) is 5.48. The lowest BCUT2D eigenvalue weighted by Gasteiger charge is -2.20. The smallest absolute Gasteiger partial charge is 0.409 e. The largest absolute Gasteiger partial charge is 0.465 e. The summed E-state index contributed by atoms with van der Waals surface area (Å²) in [4.78, 5) is 23.7. The first-order valence-corrected chi connectivity index (χ1v) is 5.48. The molecule has 1 rings (SSSR count). The molecule has 0 unspecified atom stereocenters. The Bertz CT molecular complexity index is 401. The van der Waals surface area contributed by atoms with Gasteiger partial charge in [0.1, 0.15) is 0 Å². The van der Waals surface area contributed by atoms with Crippen LogP contribution in [0.25, 0.3) is 0 Å². The van der Waals surface area contributed by atoms with Crippen LogP contribution in [-0.2, 0) is 4.79 Å². The van der Waals surface area contributed by atoms with E-state index in [9.17, 15) is 9.59 Å². The predicted octanol–water partition coefficient (Wildman–Crippen LogP) is 2.54. The molecule has 0 aliphatic rings. The molecule has 0 saturated heterocycles. The molecule has 0 atom stereocenters. The molecule has 92 valence electrons. The molecule has 0 heterocycles. The van der Waals surface area contributed by atoms with E-state index in [2.05, 4.69) is 5.32 Å². The quantitative estimate of drug-likeness (QED) is 0.844. The fourth-order valence-corrected chi connectivity index (χ4v) is 1.54. The van der Waals surface area contributed by atoms with E-state index in [0.29, 0.717) is 18.7 Å². The number of nitrogens with one attached hydrogen (secondary N) is 1. The van der Waals surface area contributed by atoms with Crippen LogP contribution in [0.3, 0.4) is 0 Å². The molecule has 0 radical (unpaired) electrons. The van der Waals surface area contributed by atoms with Gasteiger partial charge in [0, 0.05) is 24.3 Å². The SMILES string of the molecule is CCC(=O)N(CC)c1ccc(NC(=O)O)cc1. The fraction of sp³-hybridized carbons (Fsp3) is 0.333. The third-order valence-corrected chi connectivity index (χ3v) is 2.35. The first-order chi connectivity index (χ1) is 8.08. The molecule has 0 aromatic heterocycles. The standard InChI is InChI=1S/C12H16N2O3/c1-3-11(15)14(4-2)10-7-5-9(6-8-10)13-12(16)17/h5-8,13H,3-4H2,1-2H3,(H,16,17). The Labute approximate surface area is 100 Å². The van der Waals surface area contributed by atoms with Gasteiger partial charge >= 0.3 is 6.09 Å². The second-order valence-corrected chi connectivity index (χ2v) is 3.47. The summed E-state index contributed by atoms with van der Waals surface area (Å²) in [7, 11) is 0. The monoisotopic (exact) mass is 236 g/mol. The van der Waals surface area contributed by atoms with Crippen molar-refractivity contribution in [2.24, 2.45) is 0 Å². The number of nitrogens with zero attached hydrogens (tertiary/aromatic N) is 1. The molecular formula is C12H16N2O3. The van der Waals surface area contributed by atoms with Crippen LogP contribution in [0.15, 0.2) is 24.3 Å². The van der Waals surface area contributed by atoms with Crippen molar-refractivity contribution in [2.45, 2.75) is 20.3 Å². The zero-order valence-electron chi connectivity index (χ0n) is 9.93. The second kappa shape index (κ2) is 5.89. The lowest BCUT2D eigenvalue weighted by molar-refractivity contribution is -0.118. The summed E-state index contributed by atoms with van der Waals surface area (Å²) < 4.78 is 0. The van der Waals surface area contributed by atoms with Gasteiger partial charge in [-0.25, -0.2) is 4.79 Å². The summed E-state index contributed by atoms with van der Waals surface area (Å²) in [6.45, 7) is 4.31. The predicted molar refractivity (Wildman–Crippen MR) is 66.4 cm³/mol. The zero-order valence-corrected chi connectivity index (χ0v) is 9.93. The minimum Gasteiger partial charge on any atom is -0.465 e.